The minimum Gasteiger partial charge on any atom is -0.311 e. The molecule has 0 fully saturated rings. The maximum absolute atomic E-state index is 8.80. The normalized spacial score (nSPS) is 13.3. The fourth-order valence-corrected chi connectivity index (χ4v) is 1.16. The van der Waals surface area contributed by atoms with Crippen LogP contribution >= 0.6 is 0 Å². The second-order valence-electron chi connectivity index (χ2n) is 4.43. The summed E-state index contributed by atoms with van der Waals surface area (Å²) in [6.45, 7) is 10.8. The summed E-state index contributed by atoms with van der Waals surface area (Å²) < 4.78 is 0. The Balaban J connectivity index is 3.40. The summed E-state index contributed by atoms with van der Waals surface area (Å²) >= 11 is 0. The molecule has 0 saturated heterocycles. The number of hydrogen-bond donors (Lipinski definition) is 1. The Kier molecular flexibility index (Phi) is 6.23. The molecule has 14 heavy (non-hydrogen) atoms. The maximum atomic E-state index is 8.80. The summed E-state index contributed by atoms with van der Waals surface area (Å²) in [5.41, 5.74) is -0.163. The van der Waals surface area contributed by atoms with Crippen LogP contribution in [0.5, 0.6) is 0 Å². The largest absolute Gasteiger partial charge is 0.311 e. The van der Waals surface area contributed by atoms with Gasteiger partial charge in [0, 0.05) is 6.04 Å². The Morgan fingerprint density at radius 1 is 1.50 bits per heavy atom. The van der Waals surface area contributed by atoms with Gasteiger partial charge in [-0.05, 0) is 40.2 Å². The predicted molar refractivity (Wildman–Crippen MR) is 60.9 cm³/mol. The van der Waals surface area contributed by atoms with Crippen LogP contribution in [0.3, 0.4) is 0 Å². The second-order valence-corrected chi connectivity index (χ2v) is 4.43. The molecular formula is C12H22N2. The molecule has 0 bridgehead atoms. The van der Waals surface area contributed by atoms with E-state index < -0.39 is 0 Å². The van der Waals surface area contributed by atoms with Crippen molar-refractivity contribution < 1.29 is 0 Å². The van der Waals surface area contributed by atoms with E-state index in [4.69, 9.17) is 5.26 Å². The predicted octanol–water partition coefficient (Wildman–Crippen LogP) is 2.87. The van der Waals surface area contributed by atoms with Crippen LogP contribution in [-0.4, -0.2) is 12.6 Å². The first-order valence-corrected chi connectivity index (χ1v) is 5.29. The van der Waals surface area contributed by atoms with E-state index in [1.54, 1.807) is 0 Å². The highest BCUT2D eigenvalue weighted by Gasteiger charge is 2.15. The van der Waals surface area contributed by atoms with E-state index in [1.807, 2.05) is 19.9 Å². The van der Waals surface area contributed by atoms with E-state index in [2.05, 4.69) is 24.9 Å². The van der Waals surface area contributed by atoms with Gasteiger partial charge in [0.05, 0.1) is 11.5 Å². The SMILES string of the molecule is C=CC(C)NCCCCC(C)(C)C#N. The van der Waals surface area contributed by atoms with Gasteiger partial charge in [0.2, 0.25) is 0 Å². The van der Waals surface area contributed by atoms with E-state index in [0.717, 1.165) is 25.8 Å². The highest BCUT2D eigenvalue weighted by atomic mass is 14.9. The Bertz CT molecular complexity index is 201. The van der Waals surface area contributed by atoms with Crippen LogP contribution in [0.1, 0.15) is 40.0 Å². The van der Waals surface area contributed by atoms with Crippen LogP contribution < -0.4 is 5.32 Å². The van der Waals surface area contributed by atoms with Gasteiger partial charge in [0.15, 0.2) is 0 Å². The molecule has 0 radical (unpaired) electrons. The molecule has 0 aliphatic heterocycles. The van der Waals surface area contributed by atoms with Crippen LogP contribution in [0, 0.1) is 16.7 Å². The van der Waals surface area contributed by atoms with Crippen molar-refractivity contribution in [1.29, 1.82) is 5.26 Å². The molecule has 0 spiro atoms. The van der Waals surface area contributed by atoms with Gasteiger partial charge in [-0.2, -0.15) is 5.26 Å². The first-order valence-electron chi connectivity index (χ1n) is 5.29. The van der Waals surface area contributed by atoms with Gasteiger partial charge < -0.3 is 5.32 Å². The molecule has 2 nitrogen and oxygen atoms in total. The summed E-state index contributed by atoms with van der Waals surface area (Å²) in [7, 11) is 0. The maximum Gasteiger partial charge on any atom is 0.0683 e. The lowest BCUT2D eigenvalue weighted by molar-refractivity contribution is 0.421. The van der Waals surface area contributed by atoms with Crippen molar-refractivity contribution in [3.8, 4) is 6.07 Å². The third kappa shape index (κ3) is 6.68. The third-order valence-electron chi connectivity index (χ3n) is 2.35. The average Bonchev–Trinajstić information content (AvgIpc) is 2.17. The van der Waals surface area contributed by atoms with Gasteiger partial charge in [-0.15, -0.1) is 6.58 Å². The summed E-state index contributed by atoms with van der Waals surface area (Å²) in [5, 5.41) is 12.1. The van der Waals surface area contributed by atoms with E-state index in [-0.39, 0.29) is 5.41 Å². The number of hydrogen-bond acceptors (Lipinski definition) is 2. The van der Waals surface area contributed by atoms with Gasteiger partial charge in [-0.25, -0.2) is 0 Å². The molecule has 1 unspecified atom stereocenters. The van der Waals surface area contributed by atoms with Gasteiger partial charge in [-0.1, -0.05) is 12.5 Å². The van der Waals surface area contributed by atoms with Gasteiger partial charge in [0.25, 0.3) is 0 Å². The molecule has 0 aliphatic carbocycles. The fraction of sp³-hybridized carbons (Fsp3) is 0.750. The monoisotopic (exact) mass is 194 g/mol. The van der Waals surface area contributed by atoms with Crippen molar-refractivity contribution in [2.45, 2.75) is 46.1 Å². The zero-order valence-electron chi connectivity index (χ0n) is 9.64. The number of nitrogens with one attached hydrogen (secondary N) is 1. The Hall–Kier alpha value is -0.810. The van der Waals surface area contributed by atoms with Crippen LogP contribution in [0.2, 0.25) is 0 Å². The van der Waals surface area contributed by atoms with Crippen molar-refractivity contribution in [3.63, 3.8) is 0 Å². The lowest BCUT2D eigenvalue weighted by Gasteiger charge is -2.15. The minimum atomic E-state index is -0.163. The molecule has 0 saturated carbocycles. The standard InChI is InChI=1S/C12H22N2/c1-5-11(2)14-9-7-6-8-12(3,4)10-13/h5,11,14H,1,6-9H2,2-4H3. The van der Waals surface area contributed by atoms with E-state index in [1.165, 1.54) is 0 Å². The summed E-state index contributed by atoms with van der Waals surface area (Å²) in [5.74, 6) is 0. The second kappa shape index (κ2) is 6.62. The van der Waals surface area contributed by atoms with Crippen LogP contribution in [0.15, 0.2) is 12.7 Å². The molecule has 0 aliphatic rings. The molecule has 0 aromatic rings. The molecule has 1 N–H and O–H groups in total. The highest BCUT2D eigenvalue weighted by molar-refractivity contribution is 4.91. The molecule has 0 amide bonds. The Morgan fingerprint density at radius 3 is 2.64 bits per heavy atom. The molecule has 0 aromatic carbocycles. The Morgan fingerprint density at radius 2 is 2.14 bits per heavy atom. The van der Waals surface area contributed by atoms with E-state index in [9.17, 15) is 0 Å². The number of nitrogens with zero attached hydrogens (tertiary/aromatic N) is 1. The first kappa shape index (κ1) is 13.2. The smallest absolute Gasteiger partial charge is 0.0683 e. The summed E-state index contributed by atoms with van der Waals surface area (Å²) in [4.78, 5) is 0. The minimum absolute atomic E-state index is 0.163. The topological polar surface area (TPSA) is 35.8 Å². The van der Waals surface area contributed by atoms with Crippen molar-refractivity contribution in [1.82, 2.24) is 5.32 Å². The molecule has 0 heterocycles. The molecule has 0 aromatic heterocycles. The Labute approximate surface area is 88.0 Å². The van der Waals surface area contributed by atoms with E-state index >= 15 is 0 Å². The quantitative estimate of drug-likeness (QED) is 0.499. The zero-order chi connectivity index (χ0) is 11.0. The van der Waals surface area contributed by atoms with Crippen molar-refractivity contribution >= 4 is 0 Å². The van der Waals surface area contributed by atoms with Gasteiger partial charge >= 0.3 is 0 Å². The highest BCUT2D eigenvalue weighted by Crippen LogP contribution is 2.21. The number of nitriles is 1. The fourth-order valence-electron chi connectivity index (χ4n) is 1.16. The zero-order valence-corrected chi connectivity index (χ0v) is 9.64. The van der Waals surface area contributed by atoms with Crippen molar-refractivity contribution in [2.24, 2.45) is 5.41 Å². The lowest BCUT2D eigenvalue weighted by atomic mass is 9.89. The van der Waals surface area contributed by atoms with Crippen molar-refractivity contribution in [2.75, 3.05) is 6.54 Å². The molecule has 0 rings (SSSR count). The summed E-state index contributed by atoms with van der Waals surface area (Å²) in [6, 6.07) is 2.70. The molecule has 80 valence electrons. The number of rotatable bonds is 7. The van der Waals surface area contributed by atoms with Gasteiger partial charge in [0.1, 0.15) is 0 Å². The number of unbranched alkanes of at least 4 members (excludes halogenated alkanes) is 1. The molecule has 1 atom stereocenters. The van der Waals surface area contributed by atoms with Gasteiger partial charge in [-0.3, -0.25) is 0 Å². The van der Waals surface area contributed by atoms with Crippen LogP contribution in [-0.2, 0) is 0 Å². The van der Waals surface area contributed by atoms with E-state index in [0.29, 0.717) is 6.04 Å². The first-order chi connectivity index (χ1) is 6.52. The lowest BCUT2D eigenvalue weighted by Crippen LogP contribution is -2.24. The van der Waals surface area contributed by atoms with Crippen LogP contribution in [0.4, 0.5) is 0 Å². The third-order valence-corrected chi connectivity index (χ3v) is 2.35. The molecular weight excluding hydrogens is 172 g/mol. The molecule has 2 heteroatoms. The average molecular weight is 194 g/mol. The van der Waals surface area contributed by atoms with Crippen LogP contribution in [0.25, 0.3) is 0 Å². The van der Waals surface area contributed by atoms with Crippen molar-refractivity contribution in [3.05, 3.63) is 12.7 Å². The summed E-state index contributed by atoms with van der Waals surface area (Å²) in [6.07, 6.45) is 5.12.